The molecule has 9 nitrogen and oxygen atoms in total. The van der Waals surface area contributed by atoms with Crippen LogP contribution in [-0.2, 0) is 20.7 Å². The van der Waals surface area contributed by atoms with E-state index in [2.05, 4.69) is 5.32 Å². The van der Waals surface area contributed by atoms with E-state index >= 15 is 0 Å². The number of methoxy groups -OCH3 is 1. The van der Waals surface area contributed by atoms with Crippen molar-refractivity contribution in [1.29, 1.82) is 0 Å². The van der Waals surface area contributed by atoms with Crippen LogP contribution in [0.3, 0.4) is 0 Å². The maximum Gasteiger partial charge on any atom is 0.220 e. The Labute approximate surface area is 157 Å². The van der Waals surface area contributed by atoms with Gasteiger partial charge >= 0.3 is 0 Å². The first-order valence-corrected chi connectivity index (χ1v) is 8.78. The van der Waals surface area contributed by atoms with E-state index in [1.807, 2.05) is 24.3 Å². The van der Waals surface area contributed by atoms with E-state index in [4.69, 9.17) is 19.3 Å². The highest BCUT2D eigenvalue weighted by molar-refractivity contribution is 5.76. The number of benzene rings is 1. The molecule has 1 aliphatic rings. The van der Waals surface area contributed by atoms with E-state index in [0.29, 0.717) is 12.8 Å². The number of hydrogen-bond donors (Lipinski definition) is 5. The fourth-order valence-electron chi connectivity index (χ4n) is 2.71. The molecular formula is C18H27NO8. The number of carbonyl (C=O) groups excluding carboxylic acids is 1. The minimum absolute atomic E-state index is 0.0387. The van der Waals surface area contributed by atoms with Crippen molar-refractivity contribution in [2.75, 3.05) is 26.9 Å². The second-order valence-electron chi connectivity index (χ2n) is 6.27. The Balaban J connectivity index is 1.66. The predicted octanol–water partition coefficient (Wildman–Crippen LogP) is -1.44. The molecule has 1 aromatic carbocycles. The smallest absolute Gasteiger partial charge is 0.220 e. The molecular weight excluding hydrogens is 358 g/mol. The fraction of sp³-hybridized carbons (Fsp3) is 0.611. The van der Waals surface area contributed by atoms with Crippen molar-refractivity contribution in [3.63, 3.8) is 0 Å². The summed E-state index contributed by atoms with van der Waals surface area (Å²) in [6.45, 7) is -0.291. The number of ether oxygens (including phenoxy) is 3. The molecule has 5 N–H and O–H groups in total. The lowest BCUT2D eigenvalue weighted by Gasteiger charge is -2.39. The summed E-state index contributed by atoms with van der Waals surface area (Å²) in [5, 5.41) is 41.0. The zero-order chi connectivity index (χ0) is 19.8. The highest BCUT2D eigenvalue weighted by Gasteiger charge is 2.43. The van der Waals surface area contributed by atoms with Crippen LogP contribution < -0.4 is 10.1 Å². The molecule has 5 atom stereocenters. The van der Waals surface area contributed by atoms with Crippen molar-refractivity contribution in [2.24, 2.45) is 0 Å². The predicted molar refractivity (Wildman–Crippen MR) is 94.0 cm³/mol. The van der Waals surface area contributed by atoms with Crippen molar-refractivity contribution in [3.05, 3.63) is 29.8 Å². The molecule has 0 radical (unpaired) electrons. The topological polar surface area (TPSA) is 138 Å². The molecule has 0 unspecified atom stereocenters. The molecule has 0 aliphatic carbocycles. The van der Waals surface area contributed by atoms with Crippen LogP contribution in [0, 0.1) is 0 Å². The number of carbonyl (C=O) groups is 1. The summed E-state index contributed by atoms with van der Waals surface area (Å²) < 4.78 is 15.6. The van der Waals surface area contributed by atoms with Crippen molar-refractivity contribution >= 4 is 5.91 Å². The summed E-state index contributed by atoms with van der Waals surface area (Å²) in [6, 6.07) is 7.46. The maximum absolute atomic E-state index is 11.9. The first-order chi connectivity index (χ1) is 13.0. The number of aryl methyl sites for hydroxylation is 1. The van der Waals surface area contributed by atoms with Gasteiger partial charge < -0.3 is 40.0 Å². The number of aliphatic hydroxyl groups is 4. The van der Waals surface area contributed by atoms with Crippen molar-refractivity contribution < 1.29 is 39.4 Å². The molecule has 1 saturated heterocycles. The molecule has 27 heavy (non-hydrogen) atoms. The average Bonchev–Trinajstić information content (AvgIpc) is 2.69. The highest BCUT2D eigenvalue weighted by atomic mass is 16.7. The minimum atomic E-state index is -1.49. The zero-order valence-electron chi connectivity index (χ0n) is 15.2. The van der Waals surface area contributed by atoms with Crippen LogP contribution in [0.4, 0.5) is 0 Å². The Hall–Kier alpha value is -1.75. The number of nitrogens with one attached hydrogen (secondary N) is 1. The van der Waals surface area contributed by atoms with Crippen molar-refractivity contribution in [1.82, 2.24) is 5.32 Å². The lowest BCUT2D eigenvalue weighted by molar-refractivity contribution is -0.300. The number of rotatable bonds is 9. The van der Waals surface area contributed by atoms with E-state index in [9.17, 15) is 20.1 Å². The first kappa shape index (κ1) is 21.5. The van der Waals surface area contributed by atoms with Gasteiger partial charge in [0.15, 0.2) is 6.29 Å². The van der Waals surface area contributed by atoms with Gasteiger partial charge in [-0.25, -0.2) is 0 Å². The normalized spacial score (nSPS) is 28.0. The van der Waals surface area contributed by atoms with Gasteiger partial charge in [0, 0.05) is 13.0 Å². The lowest BCUT2D eigenvalue weighted by atomic mass is 9.99. The van der Waals surface area contributed by atoms with Crippen LogP contribution >= 0.6 is 0 Å². The Morgan fingerprint density at radius 1 is 1.15 bits per heavy atom. The molecule has 0 spiro atoms. The third-order valence-electron chi connectivity index (χ3n) is 4.35. The Morgan fingerprint density at radius 3 is 2.48 bits per heavy atom. The van der Waals surface area contributed by atoms with E-state index in [-0.39, 0.29) is 19.1 Å². The van der Waals surface area contributed by atoms with Crippen LogP contribution in [0.5, 0.6) is 5.75 Å². The molecule has 1 fully saturated rings. The van der Waals surface area contributed by atoms with E-state index in [1.54, 1.807) is 7.11 Å². The van der Waals surface area contributed by atoms with Gasteiger partial charge in [-0.1, -0.05) is 12.1 Å². The lowest BCUT2D eigenvalue weighted by Crippen LogP contribution is -2.59. The molecule has 1 heterocycles. The molecule has 9 heteroatoms. The molecule has 152 valence electrons. The standard InChI is InChI=1S/C18H27NO8/c1-25-12-5-2-11(3-6-12)4-7-14(21)19-8-9-26-18-17(24)16(23)15(22)13(10-20)27-18/h2-3,5-6,13,15-18,20,22-24H,4,7-10H2,1H3,(H,19,21)/t13-,15+,16+,17-,18+/m1/s1. The van der Waals surface area contributed by atoms with Gasteiger partial charge in [0.1, 0.15) is 30.2 Å². The van der Waals surface area contributed by atoms with Gasteiger partial charge in [-0.3, -0.25) is 4.79 Å². The number of amides is 1. The summed E-state index contributed by atoms with van der Waals surface area (Å²) in [5.41, 5.74) is 1.02. The number of hydrogen-bond acceptors (Lipinski definition) is 8. The van der Waals surface area contributed by atoms with Gasteiger partial charge in [0.2, 0.25) is 5.91 Å². The molecule has 1 aromatic rings. The Bertz CT molecular complexity index is 579. The quantitative estimate of drug-likeness (QED) is 0.326. The third-order valence-corrected chi connectivity index (χ3v) is 4.35. The van der Waals surface area contributed by atoms with Gasteiger partial charge in [0.05, 0.1) is 20.3 Å². The van der Waals surface area contributed by atoms with Crippen LogP contribution in [0.2, 0.25) is 0 Å². The van der Waals surface area contributed by atoms with Gasteiger partial charge in [0.25, 0.3) is 0 Å². The molecule has 0 saturated carbocycles. The Morgan fingerprint density at radius 2 is 1.85 bits per heavy atom. The second-order valence-corrected chi connectivity index (χ2v) is 6.27. The summed E-state index contributed by atoms with van der Waals surface area (Å²) in [5.74, 6) is 0.608. The first-order valence-electron chi connectivity index (χ1n) is 8.78. The van der Waals surface area contributed by atoms with Crippen molar-refractivity contribution in [3.8, 4) is 5.75 Å². The summed E-state index contributed by atoms with van der Waals surface area (Å²) >= 11 is 0. The highest BCUT2D eigenvalue weighted by Crippen LogP contribution is 2.21. The SMILES string of the molecule is COc1ccc(CCC(=O)NCCO[C@H]2O[C@H](CO)[C@H](O)[C@H](O)[C@H]2O)cc1. The minimum Gasteiger partial charge on any atom is -0.497 e. The van der Waals surface area contributed by atoms with E-state index in [1.165, 1.54) is 0 Å². The molecule has 2 rings (SSSR count). The van der Waals surface area contributed by atoms with Crippen LogP contribution in [0.1, 0.15) is 12.0 Å². The second kappa shape index (κ2) is 10.5. The molecule has 1 aliphatic heterocycles. The molecule has 0 bridgehead atoms. The summed E-state index contributed by atoms with van der Waals surface area (Å²) in [4.78, 5) is 11.9. The van der Waals surface area contributed by atoms with Crippen LogP contribution in [-0.4, -0.2) is 83.9 Å². The summed E-state index contributed by atoms with van der Waals surface area (Å²) in [7, 11) is 1.59. The van der Waals surface area contributed by atoms with E-state index in [0.717, 1.165) is 11.3 Å². The van der Waals surface area contributed by atoms with Crippen LogP contribution in [0.25, 0.3) is 0 Å². The summed E-state index contributed by atoms with van der Waals surface area (Å²) in [6.07, 6.45) is -5.68. The molecule has 1 amide bonds. The van der Waals surface area contributed by atoms with Gasteiger partial charge in [-0.05, 0) is 24.1 Å². The third kappa shape index (κ3) is 6.13. The van der Waals surface area contributed by atoms with Gasteiger partial charge in [-0.15, -0.1) is 0 Å². The number of aliphatic hydroxyl groups excluding tert-OH is 4. The van der Waals surface area contributed by atoms with E-state index < -0.39 is 37.3 Å². The largest absolute Gasteiger partial charge is 0.497 e. The maximum atomic E-state index is 11.9. The zero-order valence-corrected chi connectivity index (χ0v) is 15.2. The fourth-order valence-corrected chi connectivity index (χ4v) is 2.71. The van der Waals surface area contributed by atoms with Gasteiger partial charge in [-0.2, -0.15) is 0 Å². The van der Waals surface area contributed by atoms with Crippen LogP contribution in [0.15, 0.2) is 24.3 Å². The Kier molecular flexibility index (Phi) is 8.42. The van der Waals surface area contributed by atoms with Crippen molar-refractivity contribution in [2.45, 2.75) is 43.5 Å². The molecule has 0 aromatic heterocycles. The average molecular weight is 385 g/mol. The monoisotopic (exact) mass is 385 g/mol.